The normalized spacial score (nSPS) is 25.8. The molecule has 42 heavy (non-hydrogen) atoms. The lowest BCUT2D eigenvalue weighted by Crippen LogP contribution is -2.48. The van der Waals surface area contributed by atoms with Crippen molar-refractivity contribution in [3.05, 3.63) is 59.6 Å². The number of nitrogens with zero attached hydrogens (tertiary/aromatic N) is 3. The van der Waals surface area contributed by atoms with Gasteiger partial charge in [0.2, 0.25) is 0 Å². The van der Waals surface area contributed by atoms with Crippen LogP contribution in [0.25, 0.3) is 11.3 Å². The smallest absolute Gasteiger partial charge is 0.474 e. The number of aromatic nitrogens is 1. The van der Waals surface area contributed by atoms with Gasteiger partial charge in [-0.15, -0.1) is 13.2 Å². The molecule has 1 aromatic heterocycles. The molecule has 7 rings (SSSR count). The lowest BCUT2D eigenvalue weighted by atomic mass is 10.00. The summed E-state index contributed by atoms with van der Waals surface area (Å²) in [6.07, 6.45) is -0.328. The Morgan fingerprint density at radius 3 is 2.50 bits per heavy atom. The number of aliphatic imine (C=N–C) groups is 1. The molecule has 3 fully saturated rings. The summed E-state index contributed by atoms with van der Waals surface area (Å²) in [5.74, 6) is -0.117. The summed E-state index contributed by atoms with van der Waals surface area (Å²) in [4.78, 5) is 19.3. The lowest BCUT2D eigenvalue weighted by molar-refractivity contribution is -0.274. The standard InChI is InChI=1S/C29H27F4N3O5S/c30-21-5-3-7-23-25(21)34-27(42(23)28(37)38)36-16-10-11-17(36)13-18(12-16)39-14-20-24(35-41-26(20)15-8-9-15)19-4-1-2-6-22(19)40-29(31,32)33/h1-7,15-18,42H,8-14H2,(H,37,38)/t16-,17+,18+. The second kappa shape index (κ2) is 10.3. The SMILES string of the molecule is O=C(O)[SH]1C(N2[C@@H]3CC[C@H]2C[C@@H](OCc2c(-c4ccccc4OC(F)(F)F)noc2C2CC2)C3)=Nc2c(F)cccc21. The molecule has 3 aliphatic heterocycles. The van der Waals surface area contributed by atoms with E-state index in [0.717, 1.165) is 25.7 Å². The zero-order valence-corrected chi connectivity index (χ0v) is 23.1. The van der Waals surface area contributed by atoms with E-state index in [1.54, 1.807) is 12.1 Å². The molecule has 3 aromatic rings. The first kappa shape index (κ1) is 27.3. The number of rotatable bonds is 6. The first-order valence-corrected chi connectivity index (χ1v) is 15.2. The van der Waals surface area contributed by atoms with E-state index in [9.17, 15) is 27.5 Å². The van der Waals surface area contributed by atoms with Crippen molar-refractivity contribution in [2.24, 2.45) is 4.99 Å². The fourth-order valence-corrected chi connectivity index (χ4v) is 8.37. The minimum Gasteiger partial charge on any atom is -0.474 e. The maximum absolute atomic E-state index is 14.5. The number of amidine groups is 1. The summed E-state index contributed by atoms with van der Waals surface area (Å²) >= 11 is 0. The molecule has 13 heteroatoms. The van der Waals surface area contributed by atoms with Crippen molar-refractivity contribution >= 4 is 27.1 Å². The Balaban J connectivity index is 1.11. The molecule has 0 amide bonds. The average molecular weight is 606 g/mol. The third-order valence-electron chi connectivity index (χ3n) is 8.33. The third kappa shape index (κ3) is 4.91. The highest BCUT2D eigenvalue weighted by atomic mass is 32.2. The van der Waals surface area contributed by atoms with Crippen LogP contribution in [0.2, 0.25) is 0 Å². The Morgan fingerprint density at radius 2 is 1.81 bits per heavy atom. The Bertz CT molecular complexity index is 1560. The van der Waals surface area contributed by atoms with Crippen molar-refractivity contribution in [2.45, 2.75) is 80.5 Å². The molecule has 1 N–H and O–H groups in total. The monoisotopic (exact) mass is 605 g/mol. The maximum atomic E-state index is 14.5. The number of hydrogen-bond donors (Lipinski definition) is 2. The number of halogens is 4. The van der Waals surface area contributed by atoms with E-state index < -0.39 is 28.4 Å². The van der Waals surface area contributed by atoms with Crippen LogP contribution in [-0.2, 0) is 11.3 Å². The van der Waals surface area contributed by atoms with Gasteiger partial charge in [-0.25, -0.2) is 14.2 Å². The summed E-state index contributed by atoms with van der Waals surface area (Å²) in [5, 5.41) is 13.6. The Kier molecular flexibility index (Phi) is 6.69. The first-order valence-electron chi connectivity index (χ1n) is 13.8. The van der Waals surface area contributed by atoms with Crippen LogP contribution in [0.3, 0.4) is 0 Å². The van der Waals surface area contributed by atoms with Gasteiger partial charge in [-0.05, 0) is 62.8 Å². The molecule has 4 aliphatic rings. The van der Waals surface area contributed by atoms with Gasteiger partial charge in [0, 0.05) is 34.0 Å². The van der Waals surface area contributed by atoms with E-state index in [2.05, 4.69) is 19.8 Å². The molecule has 1 aliphatic carbocycles. The van der Waals surface area contributed by atoms with E-state index in [4.69, 9.17) is 9.26 Å². The second-order valence-corrected chi connectivity index (χ2v) is 13.0. The minimum absolute atomic E-state index is 0.0139. The number of para-hydroxylation sites is 2. The molecule has 8 nitrogen and oxygen atoms in total. The van der Waals surface area contributed by atoms with Crippen LogP contribution >= 0.6 is 10.9 Å². The zero-order chi connectivity index (χ0) is 29.2. The molecule has 1 saturated carbocycles. The van der Waals surface area contributed by atoms with Gasteiger partial charge in [-0.2, -0.15) is 0 Å². The predicted molar refractivity (Wildman–Crippen MR) is 146 cm³/mol. The van der Waals surface area contributed by atoms with Crippen molar-refractivity contribution in [1.82, 2.24) is 10.1 Å². The molecule has 2 saturated heterocycles. The number of carbonyl (C=O) groups is 1. The number of alkyl halides is 3. The Hall–Kier alpha value is -3.58. The number of hydrogen-bond acceptors (Lipinski definition) is 7. The molecule has 222 valence electrons. The molecule has 0 spiro atoms. The molecule has 1 unspecified atom stereocenters. The summed E-state index contributed by atoms with van der Waals surface area (Å²) in [6, 6.07) is 10.3. The van der Waals surface area contributed by atoms with E-state index in [1.165, 1.54) is 30.3 Å². The van der Waals surface area contributed by atoms with E-state index >= 15 is 0 Å². The molecule has 4 atom stereocenters. The number of benzene rings is 2. The van der Waals surface area contributed by atoms with Gasteiger partial charge in [0.05, 0.1) is 12.7 Å². The molecule has 4 heterocycles. The number of fused-ring (bicyclic) bond motifs is 3. The van der Waals surface area contributed by atoms with Gasteiger partial charge in [0.15, 0.2) is 5.17 Å². The van der Waals surface area contributed by atoms with Crippen molar-refractivity contribution in [3.8, 4) is 17.0 Å². The van der Waals surface area contributed by atoms with Gasteiger partial charge in [0.1, 0.15) is 28.7 Å². The molecule has 2 bridgehead atoms. The number of ether oxygens (including phenoxy) is 2. The molecule has 0 radical (unpaired) electrons. The van der Waals surface area contributed by atoms with Crippen molar-refractivity contribution in [3.63, 3.8) is 0 Å². The number of carboxylic acid groups (broad SMARTS) is 1. The minimum atomic E-state index is -4.86. The Morgan fingerprint density at radius 1 is 1.07 bits per heavy atom. The van der Waals surface area contributed by atoms with Crippen LogP contribution in [0.4, 0.5) is 28.0 Å². The van der Waals surface area contributed by atoms with Gasteiger partial charge in [-0.1, -0.05) is 34.3 Å². The summed E-state index contributed by atoms with van der Waals surface area (Å²) in [5.41, 5.74) is 1.17. The highest BCUT2D eigenvalue weighted by molar-refractivity contribution is 8.41. The van der Waals surface area contributed by atoms with Crippen LogP contribution in [0.15, 0.2) is 56.9 Å². The van der Waals surface area contributed by atoms with Gasteiger partial charge >= 0.3 is 11.7 Å². The van der Waals surface area contributed by atoms with Gasteiger partial charge < -0.3 is 24.0 Å². The topological polar surface area (TPSA) is 97.4 Å². The van der Waals surface area contributed by atoms with Crippen molar-refractivity contribution in [1.29, 1.82) is 0 Å². The maximum Gasteiger partial charge on any atom is 0.573 e. The molecular formula is C29H27F4N3O5S. The second-order valence-electron chi connectivity index (χ2n) is 11.0. The van der Waals surface area contributed by atoms with E-state index in [-0.39, 0.29) is 53.4 Å². The third-order valence-corrected chi connectivity index (χ3v) is 10.3. The quantitative estimate of drug-likeness (QED) is 0.222. The fourth-order valence-electron chi connectivity index (χ4n) is 6.42. The first-order chi connectivity index (χ1) is 20.2. The van der Waals surface area contributed by atoms with Crippen LogP contribution in [0, 0.1) is 5.82 Å². The largest absolute Gasteiger partial charge is 0.573 e. The number of thiol groups is 1. The lowest BCUT2D eigenvalue weighted by Gasteiger charge is -2.41. The van der Waals surface area contributed by atoms with Crippen LogP contribution < -0.4 is 4.74 Å². The van der Waals surface area contributed by atoms with Crippen LogP contribution in [-0.4, -0.2) is 50.2 Å². The van der Waals surface area contributed by atoms with Crippen molar-refractivity contribution < 1.29 is 41.5 Å². The predicted octanol–water partition coefficient (Wildman–Crippen LogP) is 7.51. The fraction of sp³-hybridized carbons (Fsp3) is 0.414. The highest BCUT2D eigenvalue weighted by Crippen LogP contribution is 2.55. The Labute approximate surface area is 240 Å². The van der Waals surface area contributed by atoms with E-state index in [1.807, 2.05) is 0 Å². The average Bonchev–Trinajstić information content (AvgIpc) is 3.48. The summed E-state index contributed by atoms with van der Waals surface area (Å²) in [6.45, 7) is 0.106. The highest BCUT2D eigenvalue weighted by Gasteiger charge is 2.47. The van der Waals surface area contributed by atoms with Gasteiger partial charge in [-0.3, -0.25) is 0 Å². The zero-order valence-electron chi connectivity index (χ0n) is 22.2. The van der Waals surface area contributed by atoms with Crippen molar-refractivity contribution in [2.75, 3.05) is 0 Å². The molecule has 2 aromatic carbocycles. The number of piperidine rings is 1. The summed E-state index contributed by atoms with van der Waals surface area (Å²) in [7, 11) is -1.84. The molecular weight excluding hydrogens is 578 g/mol. The van der Waals surface area contributed by atoms with E-state index in [0.29, 0.717) is 34.2 Å². The van der Waals surface area contributed by atoms with Crippen LogP contribution in [0.5, 0.6) is 5.75 Å². The summed E-state index contributed by atoms with van der Waals surface area (Å²) < 4.78 is 70.2. The van der Waals surface area contributed by atoms with Gasteiger partial charge in [0.25, 0.3) is 0 Å². The van der Waals surface area contributed by atoms with Crippen LogP contribution in [0.1, 0.15) is 55.8 Å².